The molecule has 1 saturated carbocycles. The van der Waals surface area contributed by atoms with Gasteiger partial charge < -0.3 is 15.3 Å². The predicted octanol–water partition coefficient (Wildman–Crippen LogP) is 3.00. The number of nitrogens with one attached hydrogen (secondary N) is 1. The topological polar surface area (TPSA) is 69.6 Å². The highest BCUT2D eigenvalue weighted by Crippen LogP contribution is 2.36. The second-order valence-electron chi connectivity index (χ2n) is 7.06. The predicted molar refractivity (Wildman–Crippen MR) is 81.2 cm³/mol. The van der Waals surface area contributed by atoms with Crippen molar-refractivity contribution < 1.29 is 14.7 Å². The number of urea groups is 1. The number of hydrogen-bond donors (Lipinski definition) is 2. The minimum absolute atomic E-state index is 0.0846. The van der Waals surface area contributed by atoms with Gasteiger partial charge in [0, 0.05) is 18.6 Å². The van der Waals surface area contributed by atoms with E-state index in [4.69, 9.17) is 0 Å². The van der Waals surface area contributed by atoms with E-state index in [1.54, 1.807) is 4.90 Å². The molecule has 0 radical (unpaired) electrons. The van der Waals surface area contributed by atoms with Crippen LogP contribution >= 0.6 is 0 Å². The third-order valence-electron chi connectivity index (χ3n) is 5.19. The summed E-state index contributed by atoms with van der Waals surface area (Å²) in [7, 11) is 0. The number of carboxylic acids is 1. The summed E-state index contributed by atoms with van der Waals surface area (Å²) in [5, 5.41) is 12.7. The summed E-state index contributed by atoms with van der Waals surface area (Å²) in [5.41, 5.74) is -0.853. The summed E-state index contributed by atoms with van der Waals surface area (Å²) >= 11 is 0. The highest BCUT2D eigenvalue weighted by Gasteiger charge is 2.46. The van der Waals surface area contributed by atoms with Crippen molar-refractivity contribution in [3.63, 3.8) is 0 Å². The summed E-state index contributed by atoms with van der Waals surface area (Å²) in [6, 6.07) is -0.0846. The molecule has 1 heterocycles. The molecular formula is C16H28N2O3. The fourth-order valence-corrected chi connectivity index (χ4v) is 3.80. The number of likely N-dealkylation sites (tertiary alicyclic amines) is 1. The zero-order chi connectivity index (χ0) is 15.5. The first-order valence-electron chi connectivity index (χ1n) is 8.21. The van der Waals surface area contributed by atoms with Crippen LogP contribution in [0.2, 0.25) is 0 Å². The van der Waals surface area contributed by atoms with Crippen LogP contribution in [0.1, 0.15) is 65.2 Å². The summed E-state index contributed by atoms with van der Waals surface area (Å²) in [6.45, 7) is 5.00. The van der Waals surface area contributed by atoms with E-state index in [0.29, 0.717) is 25.9 Å². The Morgan fingerprint density at radius 3 is 2.43 bits per heavy atom. The first-order chi connectivity index (χ1) is 9.91. The van der Waals surface area contributed by atoms with Crippen molar-refractivity contribution in [2.75, 3.05) is 13.1 Å². The SMILES string of the molecule is CCCC1(C(=O)O)CCN(C(=O)NC2(C)CCCCC2)C1. The molecule has 5 nitrogen and oxygen atoms in total. The molecule has 1 unspecified atom stereocenters. The maximum Gasteiger partial charge on any atom is 0.317 e. The zero-order valence-electron chi connectivity index (χ0n) is 13.3. The lowest BCUT2D eigenvalue weighted by atomic mass is 9.82. The quantitative estimate of drug-likeness (QED) is 0.838. The van der Waals surface area contributed by atoms with Crippen LogP contribution < -0.4 is 5.32 Å². The largest absolute Gasteiger partial charge is 0.481 e. The van der Waals surface area contributed by atoms with Gasteiger partial charge in [-0.1, -0.05) is 32.6 Å². The van der Waals surface area contributed by atoms with Gasteiger partial charge in [-0.2, -0.15) is 0 Å². The van der Waals surface area contributed by atoms with E-state index in [1.807, 2.05) is 6.92 Å². The van der Waals surface area contributed by atoms with Crippen molar-refractivity contribution >= 4 is 12.0 Å². The standard InChI is InChI=1S/C16H28N2O3/c1-3-7-16(13(19)20)10-11-18(12-16)14(21)17-15(2)8-5-4-6-9-15/h3-12H2,1-2H3,(H,17,21)(H,19,20). The van der Waals surface area contributed by atoms with E-state index in [9.17, 15) is 14.7 Å². The molecule has 2 amide bonds. The normalized spacial score (nSPS) is 28.4. The van der Waals surface area contributed by atoms with Gasteiger partial charge in [0.05, 0.1) is 5.41 Å². The number of nitrogens with zero attached hydrogens (tertiary/aromatic N) is 1. The maximum atomic E-state index is 12.5. The lowest BCUT2D eigenvalue weighted by Crippen LogP contribution is -2.52. The molecular weight excluding hydrogens is 268 g/mol. The second kappa shape index (κ2) is 6.24. The maximum absolute atomic E-state index is 12.5. The number of aliphatic carboxylic acids is 1. The van der Waals surface area contributed by atoms with Gasteiger partial charge in [-0.3, -0.25) is 4.79 Å². The Morgan fingerprint density at radius 2 is 1.86 bits per heavy atom. The van der Waals surface area contributed by atoms with Crippen LogP contribution in [-0.2, 0) is 4.79 Å². The van der Waals surface area contributed by atoms with Gasteiger partial charge in [0.2, 0.25) is 0 Å². The van der Waals surface area contributed by atoms with Crippen LogP contribution in [0.3, 0.4) is 0 Å². The van der Waals surface area contributed by atoms with Crippen molar-refractivity contribution in [1.82, 2.24) is 10.2 Å². The van der Waals surface area contributed by atoms with Crippen molar-refractivity contribution in [1.29, 1.82) is 0 Å². The lowest BCUT2D eigenvalue weighted by Gasteiger charge is -2.36. The van der Waals surface area contributed by atoms with E-state index in [1.165, 1.54) is 6.42 Å². The molecule has 2 aliphatic rings. The van der Waals surface area contributed by atoms with Gasteiger partial charge in [-0.05, 0) is 32.6 Å². The van der Waals surface area contributed by atoms with Gasteiger partial charge in [-0.15, -0.1) is 0 Å². The highest BCUT2D eigenvalue weighted by molar-refractivity contribution is 5.80. The molecule has 5 heteroatoms. The van der Waals surface area contributed by atoms with Crippen LogP contribution in [0, 0.1) is 5.41 Å². The fraction of sp³-hybridized carbons (Fsp3) is 0.875. The number of carbonyl (C=O) groups excluding carboxylic acids is 1. The molecule has 1 saturated heterocycles. The summed E-state index contributed by atoms with van der Waals surface area (Å²) in [6.07, 6.45) is 7.64. The molecule has 0 spiro atoms. The molecule has 21 heavy (non-hydrogen) atoms. The fourth-order valence-electron chi connectivity index (χ4n) is 3.80. The van der Waals surface area contributed by atoms with E-state index in [2.05, 4.69) is 12.2 Å². The molecule has 1 aliphatic carbocycles. The monoisotopic (exact) mass is 296 g/mol. The number of rotatable bonds is 4. The molecule has 2 N–H and O–H groups in total. The van der Waals surface area contributed by atoms with Crippen LogP contribution in [0.5, 0.6) is 0 Å². The third-order valence-corrected chi connectivity index (χ3v) is 5.19. The minimum atomic E-state index is -0.761. The summed E-state index contributed by atoms with van der Waals surface area (Å²) in [5.74, 6) is -0.761. The van der Waals surface area contributed by atoms with Gasteiger partial charge in [0.25, 0.3) is 0 Å². The minimum Gasteiger partial charge on any atom is -0.481 e. The molecule has 2 fully saturated rings. The third kappa shape index (κ3) is 3.50. The molecule has 0 aromatic carbocycles. The number of amides is 2. The van der Waals surface area contributed by atoms with Crippen molar-refractivity contribution in [2.45, 2.75) is 70.8 Å². The van der Waals surface area contributed by atoms with E-state index in [0.717, 1.165) is 32.1 Å². The van der Waals surface area contributed by atoms with Gasteiger partial charge in [0.1, 0.15) is 0 Å². The molecule has 1 aliphatic heterocycles. The van der Waals surface area contributed by atoms with E-state index in [-0.39, 0.29) is 11.6 Å². The first kappa shape index (κ1) is 16.1. The van der Waals surface area contributed by atoms with Crippen LogP contribution in [0.4, 0.5) is 4.79 Å². The molecule has 0 bridgehead atoms. The number of carbonyl (C=O) groups is 2. The Morgan fingerprint density at radius 1 is 1.19 bits per heavy atom. The Kier molecular flexibility index (Phi) is 4.79. The van der Waals surface area contributed by atoms with Crippen LogP contribution in [-0.4, -0.2) is 40.6 Å². The Bertz CT molecular complexity index is 404. The number of carboxylic acid groups (broad SMARTS) is 1. The lowest BCUT2D eigenvalue weighted by molar-refractivity contribution is -0.148. The van der Waals surface area contributed by atoms with E-state index >= 15 is 0 Å². The van der Waals surface area contributed by atoms with Gasteiger partial charge >= 0.3 is 12.0 Å². The van der Waals surface area contributed by atoms with Gasteiger partial charge in [0.15, 0.2) is 0 Å². The average molecular weight is 296 g/mol. The van der Waals surface area contributed by atoms with Gasteiger partial charge in [-0.25, -0.2) is 4.79 Å². The van der Waals surface area contributed by atoms with Crippen molar-refractivity contribution in [3.8, 4) is 0 Å². The highest BCUT2D eigenvalue weighted by atomic mass is 16.4. The molecule has 120 valence electrons. The smallest absolute Gasteiger partial charge is 0.317 e. The summed E-state index contributed by atoms with van der Waals surface area (Å²) < 4.78 is 0. The molecule has 0 aromatic heterocycles. The Balaban J connectivity index is 1.96. The molecule has 2 rings (SSSR count). The van der Waals surface area contributed by atoms with E-state index < -0.39 is 11.4 Å². The Labute approximate surface area is 127 Å². The zero-order valence-corrected chi connectivity index (χ0v) is 13.3. The summed E-state index contributed by atoms with van der Waals surface area (Å²) in [4.78, 5) is 25.7. The first-order valence-corrected chi connectivity index (χ1v) is 8.21. The Hall–Kier alpha value is -1.26. The molecule has 1 atom stereocenters. The average Bonchev–Trinajstić information content (AvgIpc) is 2.85. The van der Waals surface area contributed by atoms with Crippen LogP contribution in [0.15, 0.2) is 0 Å². The molecule has 0 aromatic rings. The number of hydrogen-bond acceptors (Lipinski definition) is 2. The van der Waals surface area contributed by atoms with Crippen molar-refractivity contribution in [3.05, 3.63) is 0 Å². The second-order valence-corrected chi connectivity index (χ2v) is 7.06. The van der Waals surface area contributed by atoms with Crippen molar-refractivity contribution in [2.24, 2.45) is 5.41 Å². The van der Waals surface area contributed by atoms with Crippen LogP contribution in [0.25, 0.3) is 0 Å².